The van der Waals surface area contributed by atoms with Crippen LogP contribution in [0.1, 0.15) is 21.6 Å². The van der Waals surface area contributed by atoms with E-state index in [0.29, 0.717) is 11.6 Å². The fraction of sp³-hybridized carbons (Fsp3) is 0.0714. The van der Waals surface area contributed by atoms with Crippen molar-refractivity contribution in [3.63, 3.8) is 0 Å². The van der Waals surface area contributed by atoms with Crippen LogP contribution in [0, 0.1) is 19.3 Å². The van der Waals surface area contributed by atoms with Crippen LogP contribution in [0.2, 0.25) is 0 Å². The molecule has 0 saturated carbocycles. The first kappa shape index (κ1) is 12.6. The van der Waals surface area contributed by atoms with Crippen LogP contribution in [0.4, 0.5) is 11.6 Å². The van der Waals surface area contributed by atoms with E-state index in [1.807, 2.05) is 18.2 Å². The van der Waals surface area contributed by atoms with Gasteiger partial charge in [-0.1, -0.05) is 12.0 Å². The van der Waals surface area contributed by atoms with Gasteiger partial charge in [0.1, 0.15) is 0 Å². The van der Waals surface area contributed by atoms with E-state index < -0.39 is 5.97 Å². The van der Waals surface area contributed by atoms with Crippen LogP contribution < -0.4 is 5.32 Å². The molecule has 2 aromatic rings. The van der Waals surface area contributed by atoms with Crippen molar-refractivity contribution in [3.8, 4) is 12.3 Å². The van der Waals surface area contributed by atoms with E-state index in [2.05, 4.69) is 21.2 Å². The standard InChI is InChI=1S/C14H11N3O2/c1-3-10-5-4-6-11(7-10)17-14-15-8-12(13(18)19)9(2)16-14/h1,4-8H,2H3,(H,18,19)(H,15,16,17). The van der Waals surface area contributed by atoms with Gasteiger partial charge < -0.3 is 10.4 Å². The predicted octanol–water partition coefficient (Wildman–Crippen LogP) is 2.21. The number of carboxylic acids is 1. The van der Waals surface area contributed by atoms with Gasteiger partial charge in [-0.15, -0.1) is 6.42 Å². The van der Waals surface area contributed by atoms with Gasteiger partial charge in [0.05, 0.1) is 11.3 Å². The van der Waals surface area contributed by atoms with E-state index >= 15 is 0 Å². The van der Waals surface area contributed by atoms with Gasteiger partial charge in [-0.25, -0.2) is 14.8 Å². The van der Waals surface area contributed by atoms with E-state index in [9.17, 15) is 4.79 Å². The van der Waals surface area contributed by atoms with Crippen LogP contribution in [0.5, 0.6) is 0 Å². The molecule has 5 nitrogen and oxygen atoms in total. The number of rotatable bonds is 3. The van der Waals surface area contributed by atoms with Gasteiger partial charge in [-0.05, 0) is 25.1 Å². The van der Waals surface area contributed by atoms with Gasteiger partial charge in [0.25, 0.3) is 0 Å². The largest absolute Gasteiger partial charge is 0.478 e. The third-order valence-corrected chi connectivity index (χ3v) is 2.50. The molecular formula is C14H11N3O2. The molecule has 0 aliphatic carbocycles. The Morgan fingerprint density at radius 2 is 2.26 bits per heavy atom. The molecule has 0 radical (unpaired) electrons. The average Bonchev–Trinajstić information content (AvgIpc) is 2.38. The lowest BCUT2D eigenvalue weighted by molar-refractivity contribution is 0.0695. The number of aromatic nitrogens is 2. The van der Waals surface area contributed by atoms with Crippen molar-refractivity contribution < 1.29 is 9.90 Å². The Kier molecular flexibility index (Phi) is 3.44. The molecule has 0 spiro atoms. The summed E-state index contributed by atoms with van der Waals surface area (Å²) in [6.07, 6.45) is 6.59. The number of aromatic carboxylic acids is 1. The molecule has 1 aromatic carbocycles. The van der Waals surface area contributed by atoms with Crippen LogP contribution in [-0.2, 0) is 0 Å². The van der Waals surface area contributed by atoms with Crippen LogP contribution in [0.25, 0.3) is 0 Å². The fourth-order valence-electron chi connectivity index (χ4n) is 1.55. The molecule has 94 valence electrons. The second kappa shape index (κ2) is 5.19. The van der Waals surface area contributed by atoms with Crippen molar-refractivity contribution in [2.24, 2.45) is 0 Å². The van der Waals surface area contributed by atoms with Crippen LogP contribution in [0.3, 0.4) is 0 Å². The highest BCUT2D eigenvalue weighted by Crippen LogP contribution is 2.15. The van der Waals surface area contributed by atoms with Gasteiger partial charge in [-0.3, -0.25) is 0 Å². The van der Waals surface area contributed by atoms with Crippen LogP contribution >= 0.6 is 0 Å². The predicted molar refractivity (Wildman–Crippen MR) is 71.4 cm³/mol. The molecule has 0 atom stereocenters. The first-order valence-electron chi connectivity index (χ1n) is 5.51. The second-order valence-electron chi connectivity index (χ2n) is 3.85. The number of nitrogens with zero attached hydrogens (tertiary/aromatic N) is 2. The molecule has 0 saturated heterocycles. The lowest BCUT2D eigenvalue weighted by Crippen LogP contribution is -2.06. The number of terminal acetylenes is 1. The SMILES string of the molecule is C#Cc1cccc(Nc2ncc(C(=O)O)c(C)n2)c1. The van der Waals surface area contributed by atoms with Gasteiger partial charge in [-0.2, -0.15) is 0 Å². The van der Waals surface area contributed by atoms with Crippen LogP contribution in [-0.4, -0.2) is 21.0 Å². The number of nitrogens with one attached hydrogen (secondary N) is 1. The smallest absolute Gasteiger partial charge is 0.339 e. The summed E-state index contributed by atoms with van der Waals surface area (Å²) in [5, 5.41) is 11.9. The van der Waals surface area contributed by atoms with Crippen molar-refractivity contribution in [1.29, 1.82) is 0 Å². The molecule has 1 aromatic heterocycles. The first-order chi connectivity index (χ1) is 9.10. The molecule has 2 rings (SSSR count). The summed E-state index contributed by atoms with van der Waals surface area (Å²) in [4.78, 5) is 18.9. The molecule has 0 bridgehead atoms. The van der Waals surface area contributed by atoms with Crippen molar-refractivity contribution in [2.75, 3.05) is 5.32 Å². The minimum absolute atomic E-state index is 0.0860. The van der Waals surface area contributed by atoms with E-state index in [1.54, 1.807) is 13.0 Å². The lowest BCUT2D eigenvalue weighted by atomic mass is 10.2. The molecule has 0 amide bonds. The Labute approximate surface area is 110 Å². The van der Waals surface area contributed by atoms with Crippen molar-refractivity contribution >= 4 is 17.6 Å². The molecule has 19 heavy (non-hydrogen) atoms. The van der Waals surface area contributed by atoms with Crippen molar-refractivity contribution in [1.82, 2.24) is 9.97 Å². The Bertz CT molecular complexity index is 675. The molecule has 0 fully saturated rings. The molecule has 0 unspecified atom stereocenters. The average molecular weight is 253 g/mol. The summed E-state index contributed by atoms with van der Waals surface area (Å²) >= 11 is 0. The second-order valence-corrected chi connectivity index (χ2v) is 3.85. The summed E-state index contributed by atoms with van der Waals surface area (Å²) in [6, 6.07) is 7.23. The third-order valence-electron chi connectivity index (χ3n) is 2.50. The number of aryl methyl sites for hydroxylation is 1. The highest BCUT2D eigenvalue weighted by atomic mass is 16.4. The maximum atomic E-state index is 10.9. The molecule has 2 N–H and O–H groups in total. The van der Waals surface area contributed by atoms with E-state index in [0.717, 1.165) is 11.3 Å². The minimum atomic E-state index is -1.04. The van der Waals surface area contributed by atoms with E-state index in [1.165, 1.54) is 6.20 Å². The normalized spacial score (nSPS) is 9.68. The molecule has 1 heterocycles. The van der Waals surface area contributed by atoms with Gasteiger partial charge >= 0.3 is 5.97 Å². The zero-order valence-electron chi connectivity index (χ0n) is 10.2. The van der Waals surface area contributed by atoms with Gasteiger partial charge in [0, 0.05) is 17.4 Å². The molecule has 0 aliphatic rings. The highest BCUT2D eigenvalue weighted by Gasteiger charge is 2.09. The van der Waals surface area contributed by atoms with E-state index in [4.69, 9.17) is 11.5 Å². The Morgan fingerprint density at radius 1 is 1.47 bits per heavy atom. The number of anilines is 2. The molecule has 5 heteroatoms. The number of carboxylic acid groups (broad SMARTS) is 1. The summed E-state index contributed by atoms with van der Waals surface area (Å²) in [7, 11) is 0. The quantitative estimate of drug-likeness (QED) is 0.820. The topological polar surface area (TPSA) is 75.1 Å². The Morgan fingerprint density at radius 3 is 2.89 bits per heavy atom. The zero-order valence-corrected chi connectivity index (χ0v) is 10.2. The Balaban J connectivity index is 2.26. The number of carbonyl (C=O) groups is 1. The summed E-state index contributed by atoms with van der Waals surface area (Å²) in [6.45, 7) is 1.62. The fourth-order valence-corrected chi connectivity index (χ4v) is 1.55. The van der Waals surface area contributed by atoms with Crippen molar-refractivity contribution in [3.05, 3.63) is 47.3 Å². The number of hydrogen-bond donors (Lipinski definition) is 2. The third kappa shape index (κ3) is 2.87. The number of hydrogen-bond acceptors (Lipinski definition) is 4. The first-order valence-corrected chi connectivity index (χ1v) is 5.51. The monoisotopic (exact) mass is 253 g/mol. The van der Waals surface area contributed by atoms with Crippen LogP contribution in [0.15, 0.2) is 30.5 Å². The Hall–Kier alpha value is -2.87. The lowest BCUT2D eigenvalue weighted by Gasteiger charge is -2.06. The maximum absolute atomic E-state index is 10.9. The van der Waals surface area contributed by atoms with Crippen molar-refractivity contribution in [2.45, 2.75) is 6.92 Å². The summed E-state index contributed by atoms with van der Waals surface area (Å²) in [5.41, 5.74) is 1.97. The highest BCUT2D eigenvalue weighted by molar-refractivity contribution is 5.88. The van der Waals surface area contributed by atoms with Gasteiger partial charge in [0.2, 0.25) is 5.95 Å². The molecule has 0 aliphatic heterocycles. The van der Waals surface area contributed by atoms with Gasteiger partial charge in [0.15, 0.2) is 0 Å². The minimum Gasteiger partial charge on any atom is -0.478 e. The summed E-state index contributed by atoms with van der Waals surface area (Å²) < 4.78 is 0. The summed E-state index contributed by atoms with van der Waals surface area (Å²) in [5.74, 6) is 1.82. The maximum Gasteiger partial charge on any atom is 0.339 e. The van der Waals surface area contributed by atoms with E-state index in [-0.39, 0.29) is 5.56 Å². The molecular weight excluding hydrogens is 242 g/mol. The zero-order chi connectivity index (χ0) is 13.8. The number of benzene rings is 1.